The van der Waals surface area contributed by atoms with Gasteiger partial charge in [0, 0.05) is 19.6 Å². The molecular formula is C15H16N4O2. The Kier molecular flexibility index (Phi) is 3.35. The first-order valence-electron chi connectivity index (χ1n) is 6.97. The Morgan fingerprint density at radius 2 is 1.95 bits per heavy atom. The molecule has 6 nitrogen and oxygen atoms in total. The molecule has 2 N–H and O–H groups in total. The summed E-state index contributed by atoms with van der Waals surface area (Å²) >= 11 is 0. The average molecular weight is 284 g/mol. The van der Waals surface area contributed by atoms with Crippen LogP contribution >= 0.6 is 0 Å². The Labute approximate surface area is 122 Å². The summed E-state index contributed by atoms with van der Waals surface area (Å²) in [6.07, 6.45) is 1.19. The van der Waals surface area contributed by atoms with E-state index in [1.54, 1.807) is 0 Å². The summed E-state index contributed by atoms with van der Waals surface area (Å²) in [6.45, 7) is 2.12. The molecule has 0 saturated carbocycles. The van der Waals surface area contributed by atoms with Crippen molar-refractivity contribution in [3.8, 4) is 6.07 Å². The molecular weight excluding hydrogens is 268 g/mol. The number of carbonyl (C=O) groups is 2. The summed E-state index contributed by atoms with van der Waals surface area (Å²) in [5.74, 6) is -0.218. The number of nitrogens with zero attached hydrogens (tertiary/aromatic N) is 2. The third kappa shape index (κ3) is 2.48. The van der Waals surface area contributed by atoms with Crippen LogP contribution in [0.15, 0.2) is 24.3 Å². The van der Waals surface area contributed by atoms with Gasteiger partial charge in [0.25, 0.3) is 5.91 Å². The van der Waals surface area contributed by atoms with Crippen LogP contribution in [-0.2, 0) is 11.3 Å². The number of rotatable bonds is 2. The molecule has 2 aliphatic rings. The molecule has 3 amide bonds. The van der Waals surface area contributed by atoms with E-state index in [9.17, 15) is 9.59 Å². The molecule has 6 heteroatoms. The number of amides is 3. The SMILES string of the molecule is N#Cc1ccccc1CN1CCC2(CC1)NC(=O)NC2=O. The second-order valence-corrected chi connectivity index (χ2v) is 5.54. The van der Waals surface area contributed by atoms with Crippen molar-refractivity contribution in [1.82, 2.24) is 15.5 Å². The number of benzene rings is 1. The normalized spacial score (nSPS) is 20.9. The van der Waals surface area contributed by atoms with Crippen molar-refractivity contribution in [2.24, 2.45) is 0 Å². The van der Waals surface area contributed by atoms with Gasteiger partial charge in [0.05, 0.1) is 11.6 Å². The van der Waals surface area contributed by atoms with Crippen LogP contribution in [0, 0.1) is 11.3 Å². The van der Waals surface area contributed by atoms with E-state index >= 15 is 0 Å². The topological polar surface area (TPSA) is 85.2 Å². The van der Waals surface area contributed by atoms with E-state index in [0.29, 0.717) is 38.0 Å². The lowest BCUT2D eigenvalue weighted by molar-refractivity contribution is -0.125. The monoisotopic (exact) mass is 284 g/mol. The van der Waals surface area contributed by atoms with Gasteiger partial charge in [0.15, 0.2) is 0 Å². The van der Waals surface area contributed by atoms with Crippen LogP contribution in [-0.4, -0.2) is 35.5 Å². The molecule has 2 aliphatic heterocycles. The van der Waals surface area contributed by atoms with Crippen LogP contribution in [0.1, 0.15) is 24.0 Å². The molecule has 0 aromatic heterocycles. The highest BCUT2D eigenvalue weighted by molar-refractivity contribution is 6.07. The number of likely N-dealkylation sites (tertiary alicyclic amines) is 1. The van der Waals surface area contributed by atoms with Gasteiger partial charge in [-0.1, -0.05) is 18.2 Å². The van der Waals surface area contributed by atoms with Crippen molar-refractivity contribution in [3.63, 3.8) is 0 Å². The maximum Gasteiger partial charge on any atom is 0.322 e. The van der Waals surface area contributed by atoms with Crippen LogP contribution in [0.4, 0.5) is 4.79 Å². The second kappa shape index (κ2) is 5.19. The molecule has 0 radical (unpaired) electrons. The van der Waals surface area contributed by atoms with E-state index in [1.165, 1.54) is 0 Å². The van der Waals surface area contributed by atoms with Gasteiger partial charge < -0.3 is 5.32 Å². The van der Waals surface area contributed by atoms with Crippen LogP contribution in [0.5, 0.6) is 0 Å². The lowest BCUT2D eigenvalue weighted by Crippen LogP contribution is -2.54. The Morgan fingerprint density at radius 1 is 1.24 bits per heavy atom. The average Bonchev–Trinajstić information content (AvgIpc) is 2.76. The highest BCUT2D eigenvalue weighted by atomic mass is 16.2. The molecule has 0 bridgehead atoms. The summed E-state index contributed by atoms with van der Waals surface area (Å²) in [4.78, 5) is 25.4. The largest absolute Gasteiger partial charge is 0.323 e. The molecule has 0 aliphatic carbocycles. The highest BCUT2D eigenvalue weighted by Crippen LogP contribution is 2.26. The molecule has 21 heavy (non-hydrogen) atoms. The fourth-order valence-corrected chi connectivity index (χ4v) is 2.98. The van der Waals surface area contributed by atoms with Gasteiger partial charge in [-0.05, 0) is 24.5 Å². The molecule has 1 aromatic carbocycles. The van der Waals surface area contributed by atoms with Crippen molar-refractivity contribution in [2.75, 3.05) is 13.1 Å². The van der Waals surface area contributed by atoms with Crippen molar-refractivity contribution >= 4 is 11.9 Å². The minimum absolute atomic E-state index is 0.218. The van der Waals surface area contributed by atoms with Crippen LogP contribution in [0.3, 0.4) is 0 Å². The summed E-state index contributed by atoms with van der Waals surface area (Å²) in [5, 5.41) is 14.2. The summed E-state index contributed by atoms with van der Waals surface area (Å²) in [5.41, 5.74) is 0.947. The minimum Gasteiger partial charge on any atom is -0.323 e. The van der Waals surface area contributed by atoms with Gasteiger partial charge in [-0.2, -0.15) is 5.26 Å². The predicted molar refractivity (Wildman–Crippen MR) is 75.1 cm³/mol. The van der Waals surface area contributed by atoms with Gasteiger partial charge in [-0.15, -0.1) is 0 Å². The standard InChI is InChI=1S/C15H16N4O2/c16-9-11-3-1-2-4-12(11)10-19-7-5-15(6-8-19)13(20)17-14(21)18-15/h1-4H,5-8,10H2,(H2,17,18,20,21). The van der Waals surface area contributed by atoms with E-state index in [1.807, 2.05) is 24.3 Å². The Bertz CT molecular complexity index is 627. The van der Waals surface area contributed by atoms with Crippen molar-refractivity contribution in [2.45, 2.75) is 24.9 Å². The first kappa shape index (κ1) is 13.6. The van der Waals surface area contributed by atoms with E-state index in [4.69, 9.17) is 5.26 Å². The van der Waals surface area contributed by atoms with Crippen molar-refractivity contribution < 1.29 is 9.59 Å². The van der Waals surface area contributed by atoms with Gasteiger partial charge in [-0.3, -0.25) is 15.0 Å². The minimum atomic E-state index is -0.734. The van der Waals surface area contributed by atoms with E-state index in [-0.39, 0.29) is 5.91 Å². The van der Waals surface area contributed by atoms with Crippen LogP contribution in [0.25, 0.3) is 0 Å². The van der Waals surface area contributed by atoms with E-state index in [2.05, 4.69) is 21.6 Å². The lowest BCUT2D eigenvalue weighted by Gasteiger charge is -2.37. The zero-order valence-corrected chi connectivity index (χ0v) is 11.6. The molecule has 2 fully saturated rings. The number of imide groups is 1. The zero-order chi connectivity index (χ0) is 14.9. The maximum absolute atomic E-state index is 11.9. The number of piperidine rings is 1. The zero-order valence-electron chi connectivity index (χ0n) is 11.6. The van der Waals surface area contributed by atoms with Gasteiger partial charge >= 0.3 is 6.03 Å². The molecule has 2 saturated heterocycles. The maximum atomic E-state index is 11.9. The molecule has 0 unspecified atom stereocenters. The molecule has 0 atom stereocenters. The fourth-order valence-electron chi connectivity index (χ4n) is 2.98. The third-order valence-corrected chi connectivity index (χ3v) is 4.26. The summed E-state index contributed by atoms with van der Waals surface area (Å²) in [7, 11) is 0. The Morgan fingerprint density at radius 3 is 2.57 bits per heavy atom. The van der Waals surface area contributed by atoms with Gasteiger partial charge in [0.2, 0.25) is 0 Å². The predicted octanol–water partition coefficient (Wildman–Crippen LogP) is 0.732. The molecule has 1 spiro atoms. The number of hydrogen-bond donors (Lipinski definition) is 2. The summed E-state index contributed by atoms with van der Waals surface area (Å²) in [6, 6.07) is 9.34. The van der Waals surface area contributed by atoms with E-state index in [0.717, 1.165) is 5.56 Å². The van der Waals surface area contributed by atoms with Gasteiger partial charge in [0.1, 0.15) is 5.54 Å². The smallest absolute Gasteiger partial charge is 0.322 e. The van der Waals surface area contributed by atoms with Crippen molar-refractivity contribution in [3.05, 3.63) is 35.4 Å². The molecule has 2 heterocycles. The number of urea groups is 1. The highest BCUT2D eigenvalue weighted by Gasteiger charge is 2.47. The summed E-state index contributed by atoms with van der Waals surface area (Å²) < 4.78 is 0. The molecule has 108 valence electrons. The lowest BCUT2D eigenvalue weighted by atomic mass is 9.87. The number of nitriles is 1. The number of hydrogen-bond acceptors (Lipinski definition) is 4. The Balaban J connectivity index is 1.66. The number of nitrogens with one attached hydrogen (secondary N) is 2. The molecule has 1 aromatic rings. The number of carbonyl (C=O) groups excluding carboxylic acids is 2. The van der Waals surface area contributed by atoms with Crippen molar-refractivity contribution in [1.29, 1.82) is 5.26 Å². The molecule has 3 rings (SSSR count). The first-order valence-corrected chi connectivity index (χ1v) is 6.97. The quantitative estimate of drug-likeness (QED) is 0.784. The first-order chi connectivity index (χ1) is 10.1. The van der Waals surface area contributed by atoms with Crippen LogP contribution in [0.2, 0.25) is 0 Å². The third-order valence-electron chi connectivity index (χ3n) is 4.26. The Hall–Kier alpha value is -2.39. The fraction of sp³-hybridized carbons (Fsp3) is 0.400. The van der Waals surface area contributed by atoms with E-state index < -0.39 is 11.6 Å². The second-order valence-electron chi connectivity index (χ2n) is 5.54. The van der Waals surface area contributed by atoms with Gasteiger partial charge in [-0.25, -0.2) is 4.79 Å². The van der Waals surface area contributed by atoms with Crippen LogP contribution < -0.4 is 10.6 Å².